The third kappa shape index (κ3) is 3.95. The van der Waals surface area contributed by atoms with Crippen molar-refractivity contribution in [1.82, 2.24) is 0 Å². The van der Waals surface area contributed by atoms with E-state index in [2.05, 4.69) is 5.32 Å². The van der Waals surface area contributed by atoms with Gasteiger partial charge in [0.1, 0.15) is 0 Å². The molecular formula is C14H16ClNO4. The number of hydrogen-bond donors (Lipinski definition) is 1. The van der Waals surface area contributed by atoms with E-state index in [1.165, 1.54) is 6.92 Å². The highest BCUT2D eigenvalue weighted by atomic mass is 35.5. The molecule has 1 fully saturated rings. The third-order valence-corrected chi connectivity index (χ3v) is 3.22. The maximum Gasteiger partial charge on any atom is 0.336 e. The van der Waals surface area contributed by atoms with Crippen LogP contribution in [-0.4, -0.2) is 30.7 Å². The van der Waals surface area contributed by atoms with Gasteiger partial charge in [-0.25, -0.2) is 4.79 Å². The fourth-order valence-corrected chi connectivity index (χ4v) is 1.97. The lowest BCUT2D eigenvalue weighted by atomic mass is 10.2. The Hall–Kier alpha value is -1.59. The first-order valence-corrected chi connectivity index (χ1v) is 6.82. The number of ether oxygens (including phenoxy) is 2. The zero-order valence-electron chi connectivity index (χ0n) is 11.1. The van der Waals surface area contributed by atoms with Crippen LogP contribution in [-0.2, 0) is 19.1 Å². The number of benzene rings is 1. The van der Waals surface area contributed by atoms with Crippen LogP contribution < -0.4 is 5.32 Å². The average Bonchev–Trinajstić information content (AvgIpc) is 2.95. The Balaban J connectivity index is 1.85. The summed E-state index contributed by atoms with van der Waals surface area (Å²) in [6, 6.07) is 6.68. The third-order valence-electron chi connectivity index (χ3n) is 2.97. The maximum absolute atomic E-state index is 11.9. The molecule has 20 heavy (non-hydrogen) atoms. The zero-order valence-corrected chi connectivity index (χ0v) is 11.9. The lowest BCUT2D eigenvalue weighted by molar-refractivity contribution is -0.162. The van der Waals surface area contributed by atoms with Crippen molar-refractivity contribution in [2.75, 3.05) is 11.9 Å². The van der Waals surface area contributed by atoms with E-state index < -0.39 is 24.1 Å². The number of hydrogen-bond acceptors (Lipinski definition) is 4. The van der Waals surface area contributed by atoms with Gasteiger partial charge in [0.25, 0.3) is 5.91 Å². The topological polar surface area (TPSA) is 64.6 Å². The second-order valence-electron chi connectivity index (χ2n) is 4.58. The van der Waals surface area contributed by atoms with E-state index in [9.17, 15) is 9.59 Å². The van der Waals surface area contributed by atoms with E-state index in [0.717, 1.165) is 6.42 Å². The monoisotopic (exact) mass is 297 g/mol. The van der Waals surface area contributed by atoms with Gasteiger partial charge in [-0.3, -0.25) is 4.79 Å². The van der Waals surface area contributed by atoms with Crippen LogP contribution >= 0.6 is 11.6 Å². The molecule has 0 radical (unpaired) electrons. The molecule has 6 heteroatoms. The zero-order chi connectivity index (χ0) is 14.5. The first-order valence-electron chi connectivity index (χ1n) is 6.45. The van der Waals surface area contributed by atoms with Crippen molar-refractivity contribution in [3.05, 3.63) is 29.3 Å². The van der Waals surface area contributed by atoms with Gasteiger partial charge < -0.3 is 14.8 Å². The number of anilines is 1. The Morgan fingerprint density at radius 1 is 1.40 bits per heavy atom. The van der Waals surface area contributed by atoms with Gasteiger partial charge in [-0.2, -0.15) is 0 Å². The van der Waals surface area contributed by atoms with E-state index in [0.29, 0.717) is 23.7 Å². The van der Waals surface area contributed by atoms with Crippen molar-refractivity contribution in [1.29, 1.82) is 0 Å². The number of esters is 1. The SMILES string of the molecule is C[C@H](OC(=O)[C@H]1CCCO1)C(=O)Nc1ccc(Cl)cc1. The van der Waals surface area contributed by atoms with Crippen LogP contribution in [0.2, 0.25) is 5.02 Å². The first kappa shape index (κ1) is 14.8. The van der Waals surface area contributed by atoms with Crippen LogP contribution in [0.3, 0.4) is 0 Å². The minimum atomic E-state index is -0.873. The standard InChI is InChI=1S/C14H16ClNO4/c1-9(20-14(18)12-3-2-8-19-12)13(17)16-11-6-4-10(15)5-7-11/h4-7,9,12H,2-3,8H2,1H3,(H,16,17)/t9-,12+/m0/s1. The molecule has 1 aliphatic rings. The number of amides is 1. The molecule has 1 amide bonds. The fraction of sp³-hybridized carbons (Fsp3) is 0.429. The molecule has 1 aromatic rings. The molecular weight excluding hydrogens is 282 g/mol. The fourth-order valence-electron chi connectivity index (χ4n) is 1.84. The van der Waals surface area contributed by atoms with E-state index >= 15 is 0 Å². The van der Waals surface area contributed by atoms with E-state index in [4.69, 9.17) is 21.1 Å². The predicted molar refractivity (Wildman–Crippen MR) is 74.6 cm³/mol. The summed E-state index contributed by atoms with van der Waals surface area (Å²) in [5, 5.41) is 3.23. The second kappa shape index (κ2) is 6.72. The number of carbonyl (C=O) groups is 2. The Labute approximate surface area is 122 Å². The molecule has 1 N–H and O–H groups in total. The Morgan fingerprint density at radius 2 is 2.10 bits per heavy atom. The second-order valence-corrected chi connectivity index (χ2v) is 5.01. The summed E-state index contributed by atoms with van der Waals surface area (Å²) in [4.78, 5) is 23.6. The highest BCUT2D eigenvalue weighted by Gasteiger charge is 2.28. The van der Waals surface area contributed by atoms with Crippen LogP contribution in [0.5, 0.6) is 0 Å². The molecule has 1 saturated heterocycles. The number of carbonyl (C=O) groups excluding carboxylic acids is 2. The molecule has 108 valence electrons. The lowest BCUT2D eigenvalue weighted by Gasteiger charge is -2.15. The maximum atomic E-state index is 11.9. The van der Waals surface area contributed by atoms with Gasteiger partial charge in [0.15, 0.2) is 12.2 Å². The van der Waals surface area contributed by atoms with Gasteiger partial charge in [0.2, 0.25) is 0 Å². The van der Waals surface area contributed by atoms with Crippen LogP contribution in [0.1, 0.15) is 19.8 Å². The van der Waals surface area contributed by atoms with Crippen molar-refractivity contribution < 1.29 is 19.1 Å². The first-order chi connectivity index (χ1) is 9.56. The average molecular weight is 298 g/mol. The number of rotatable bonds is 4. The molecule has 2 atom stereocenters. The van der Waals surface area contributed by atoms with Gasteiger partial charge in [-0.05, 0) is 44.0 Å². The molecule has 0 unspecified atom stereocenters. The van der Waals surface area contributed by atoms with Gasteiger partial charge in [0.05, 0.1) is 0 Å². The molecule has 0 aromatic heterocycles. The molecule has 2 rings (SSSR count). The Morgan fingerprint density at radius 3 is 2.70 bits per heavy atom. The van der Waals surface area contributed by atoms with Crippen molar-refractivity contribution in [2.45, 2.75) is 32.0 Å². The predicted octanol–water partition coefficient (Wildman–Crippen LogP) is 2.39. The van der Waals surface area contributed by atoms with Crippen molar-refractivity contribution in [3.63, 3.8) is 0 Å². The summed E-state index contributed by atoms with van der Waals surface area (Å²) >= 11 is 5.76. The van der Waals surface area contributed by atoms with Gasteiger partial charge in [-0.1, -0.05) is 11.6 Å². The van der Waals surface area contributed by atoms with Crippen molar-refractivity contribution >= 4 is 29.2 Å². The molecule has 0 spiro atoms. The van der Waals surface area contributed by atoms with Gasteiger partial charge in [0, 0.05) is 17.3 Å². The van der Waals surface area contributed by atoms with Crippen LogP contribution in [0.25, 0.3) is 0 Å². The summed E-state index contributed by atoms with van der Waals surface area (Å²) in [6.07, 6.45) is 0.0679. The van der Waals surface area contributed by atoms with Crippen LogP contribution in [0, 0.1) is 0 Å². The molecule has 1 aliphatic heterocycles. The highest BCUT2D eigenvalue weighted by molar-refractivity contribution is 6.30. The highest BCUT2D eigenvalue weighted by Crippen LogP contribution is 2.16. The van der Waals surface area contributed by atoms with Crippen LogP contribution in [0.15, 0.2) is 24.3 Å². The molecule has 1 heterocycles. The molecule has 0 saturated carbocycles. The quantitative estimate of drug-likeness (QED) is 0.867. The minimum Gasteiger partial charge on any atom is -0.451 e. The summed E-state index contributed by atoms with van der Waals surface area (Å²) in [5.74, 6) is -0.875. The Bertz CT molecular complexity index is 482. The number of nitrogens with one attached hydrogen (secondary N) is 1. The van der Waals surface area contributed by atoms with Crippen LogP contribution in [0.4, 0.5) is 5.69 Å². The summed E-state index contributed by atoms with van der Waals surface area (Å²) in [5.41, 5.74) is 0.597. The van der Waals surface area contributed by atoms with E-state index in [1.54, 1.807) is 24.3 Å². The lowest BCUT2D eigenvalue weighted by Crippen LogP contribution is -2.33. The van der Waals surface area contributed by atoms with Crippen molar-refractivity contribution in [3.8, 4) is 0 Å². The normalized spacial score (nSPS) is 19.4. The molecule has 5 nitrogen and oxygen atoms in total. The molecule has 1 aromatic carbocycles. The van der Waals surface area contributed by atoms with Gasteiger partial charge in [-0.15, -0.1) is 0 Å². The smallest absolute Gasteiger partial charge is 0.336 e. The van der Waals surface area contributed by atoms with E-state index in [1.807, 2.05) is 0 Å². The Kier molecular flexibility index (Phi) is 4.98. The summed E-state index contributed by atoms with van der Waals surface area (Å²) in [6.45, 7) is 2.09. The summed E-state index contributed by atoms with van der Waals surface area (Å²) in [7, 11) is 0. The largest absolute Gasteiger partial charge is 0.451 e. The van der Waals surface area contributed by atoms with Crippen molar-refractivity contribution in [2.24, 2.45) is 0 Å². The summed E-state index contributed by atoms with van der Waals surface area (Å²) < 4.78 is 10.3. The molecule has 0 aliphatic carbocycles. The number of halogens is 1. The van der Waals surface area contributed by atoms with Gasteiger partial charge >= 0.3 is 5.97 Å². The van der Waals surface area contributed by atoms with E-state index in [-0.39, 0.29) is 0 Å². The molecule has 0 bridgehead atoms. The minimum absolute atomic E-state index is 0.390.